The molecule has 0 unspecified atom stereocenters. The van der Waals surface area contributed by atoms with Crippen molar-refractivity contribution in [3.05, 3.63) is 41.4 Å². The van der Waals surface area contributed by atoms with Crippen molar-refractivity contribution in [3.63, 3.8) is 0 Å². The summed E-state index contributed by atoms with van der Waals surface area (Å²) in [4.78, 5) is 22.1. The summed E-state index contributed by atoms with van der Waals surface area (Å²) in [7, 11) is 0. The number of thiazole rings is 1. The van der Waals surface area contributed by atoms with Crippen molar-refractivity contribution in [2.75, 3.05) is 0 Å². The highest BCUT2D eigenvalue weighted by Gasteiger charge is 2.02. The molecule has 2 rings (SSSR count). The van der Waals surface area contributed by atoms with E-state index >= 15 is 0 Å². The topological polar surface area (TPSA) is 55.7 Å². The van der Waals surface area contributed by atoms with Crippen LogP contribution >= 0.6 is 11.3 Å². The van der Waals surface area contributed by atoms with Crippen molar-refractivity contribution < 1.29 is 4.79 Å². The third-order valence-electron chi connectivity index (χ3n) is 1.47. The predicted octanol–water partition coefficient (Wildman–Crippen LogP) is 2.21. The monoisotopic (exact) mass is 221 g/mol. The quantitative estimate of drug-likeness (QED) is 0.729. The lowest BCUT2D eigenvalue weighted by Crippen LogP contribution is -1.93. The fourth-order valence-electron chi connectivity index (χ4n) is 0.766. The second-order valence-corrected chi connectivity index (χ2v) is 3.40. The summed E-state index contributed by atoms with van der Waals surface area (Å²) in [6, 6.07) is 0. The van der Waals surface area contributed by atoms with E-state index in [1.54, 1.807) is 31.0 Å². The predicted molar refractivity (Wildman–Crippen MR) is 58.8 cm³/mol. The van der Waals surface area contributed by atoms with E-state index in [4.69, 9.17) is 0 Å². The molecule has 78 valence electrons. The summed E-state index contributed by atoms with van der Waals surface area (Å²) in [5.41, 5.74) is 0. The molecule has 0 radical (unpaired) electrons. The van der Waals surface area contributed by atoms with Crippen LogP contribution in [0.3, 0.4) is 0 Å². The zero-order valence-electron chi connectivity index (χ0n) is 8.33. The molecule has 4 nitrogen and oxygen atoms in total. The number of ketones is 1. The minimum absolute atomic E-state index is 0.130. The van der Waals surface area contributed by atoms with Crippen LogP contribution in [0, 0.1) is 0 Å². The number of rotatable bonds is 2. The van der Waals surface area contributed by atoms with Crippen molar-refractivity contribution in [2.45, 2.75) is 13.3 Å². The first-order valence-corrected chi connectivity index (χ1v) is 5.35. The van der Waals surface area contributed by atoms with Crippen LogP contribution in [0.4, 0.5) is 0 Å². The Morgan fingerprint density at radius 2 is 1.80 bits per heavy atom. The lowest BCUT2D eigenvalue weighted by molar-refractivity contribution is 0.0988. The lowest BCUT2D eigenvalue weighted by atomic mass is 10.3. The molecule has 0 amide bonds. The SMILES string of the molecule is CCC(=O)c1nccs1.c1cnccn1. The number of nitrogens with zero attached hydrogens (tertiary/aromatic N) is 3. The summed E-state index contributed by atoms with van der Waals surface area (Å²) >= 11 is 1.39. The molecule has 2 aromatic heterocycles. The lowest BCUT2D eigenvalue weighted by Gasteiger charge is -1.84. The maximum absolute atomic E-state index is 10.8. The van der Waals surface area contributed by atoms with E-state index in [0.29, 0.717) is 11.4 Å². The molecule has 5 heteroatoms. The minimum atomic E-state index is 0.130. The van der Waals surface area contributed by atoms with Crippen LogP contribution in [-0.2, 0) is 0 Å². The number of Topliss-reactive ketones (excluding diaryl/α,β-unsaturated/α-hetero) is 1. The molecule has 0 fully saturated rings. The fourth-order valence-corrected chi connectivity index (χ4v) is 1.41. The smallest absolute Gasteiger partial charge is 0.191 e. The second kappa shape index (κ2) is 6.78. The number of carbonyl (C=O) groups is 1. The van der Waals surface area contributed by atoms with Gasteiger partial charge in [-0.1, -0.05) is 6.92 Å². The number of carbonyl (C=O) groups excluding carboxylic acids is 1. The first-order chi connectivity index (χ1) is 7.34. The normalized spacial score (nSPS) is 8.87. The van der Waals surface area contributed by atoms with E-state index in [-0.39, 0.29) is 5.78 Å². The Hall–Kier alpha value is -1.62. The van der Waals surface area contributed by atoms with Gasteiger partial charge in [-0.05, 0) is 0 Å². The van der Waals surface area contributed by atoms with Crippen LogP contribution in [-0.4, -0.2) is 20.7 Å². The van der Waals surface area contributed by atoms with Crippen LogP contribution in [0.1, 0.15) is 23.1 Å². The van der Waals surface area contributed by atoms with Crippen molar-refractivity contribution in [1.82, 2.24) is 15.0 Å². The zero-order chi connectivity index (χ0) is 10.9. The molecule has 0 aliphatic carbocycles. The van der Waals surface area contributed by atoms with Gasteiger partial charge in [0, 0.05) is 42.8 Å². The molecular formula is C10H11N3OS. The molecule has 0 atom stereocenters. The Balaban J connectivity index is 0.000000162. The van der Waals surface area contributed by atoms with Gasteiger partial charge in [0.15, 0.2) is 10.8 Å². The minimum Gasteiger partial charge on any atom is -0.292 e. The van der Waals surface area contributed by atoms with Gasteiger partial charge in [-0.2, -0.15) is 0 Å². The standard InChI is InChI=1S/C6H7NOS.C4H4N2/c1-2-5(8)6-7-3-4-9-6;1-2-6-4-3-5-1/h3-4H,2H2,1H3;1-4H. The first-order valence-electron chi connectivity index (χ1n) is 4.47. The largest absolute Gasteiger partial charge is 0.292 e. The highest BCUT2D eigenvalue weighted by atomic mass is 32.1. The molecule has 0 N–H and O–H groups in total. The van der Waals surface area contributed by atoms with Crippen LogP contribution in [0.2, 0.25) is 0 Å². The van der Waals surface area contributed by atoms with Gasteiger partial charge in [0.25, 0.3) is 0 Å². The Morgan fingerprint density at radius 3 is 2.13 bits per heavy atom. The van der Waals surface area contributed by atoms with E-state index in [1.807, 2.05) is 12.3 Å². The van der Waals surface area contributed by atoms with E-state index in [1.165, 1.54) is 11.3 Å². The Morgan fingerprint density at radius 1 is 1.20 bits per heavy atom. The Bertz CT molecular complexity index is 348. The maximum atomic E-state index is 10.8. The van der Waals surface area contributed by atoms with Crippen molar-refractivity contribution in [2.24, 2.45) is 0 Å². The zero-order valence-corrected chi connectivity index (χ0v) is 9.15. The highest BCUT2D eigenvalue weighted by molar-refractivity contribution is 7.11. The first kappa shape index (κ1) is 11.5. The summed E-state index contributed by atoms with van der Waals surface area (Å²) in [6.45, 7) is 1.84. The van der Waals surface area contributed by atoms with Gasteiger partial charge in [0.2, 0.25) is 0 Å². The molecule has 0 aliphatic heterocycles. The van der Waals surface area contributed by atoms with E-state index in [9.17, 15) is 4.79 Å². The summed E-state index contributed by atoms with van der Waals surface area (Å²) < 4.78 is 0. The van der Waals surface area contributed by atoms with Crippen molar-refractivity contribution in [1.29, 1.82) is 0 Å². The molecule has 0 saturated carbocycles. The Labute approximate surface area is 92.0 Å². The number of aromatic nitrogens is 3. The number of hydrogen-bond donors (Lipinski definition) is 0. The molecule has 0 spiro atoms. The van der Waals surface area contributed by atoms with Crippen LogP contribution in [0.25, 0.3) is 0 Å². The van der Waals surface area contributed by atoms with Gasteiger partial charge in [-0.15, -0.1) is 11.3 Å². The average molecular weight is 221 g/mol. The fraction of sp³-hybridized carbons (Fsp3) is 0.200. The maximum Gasteiger partial charge on any atom is 0.191 e. The molecule has 0 bridgehead atoms. The highest BCUT2D eigenvalue weighted by Crippen LogP contribution is 2.05. The molecule has 2 heterocycles. The second-order valence-electron chi connectivity index (χ2n) is 2.51. The summed E-state index contributed by atoms with van der Waals surface area (Å²) in [6.07, 6.45) is 8.75. The van der Waals surface area contributed by atoms with Gasteiger partial charge in [0.05, 0.1) is 0 Å². The van der Waals surface area contributed by atoms with Crippen molar-refractivity contribution >= 4 is 17.1 Å². The molecular weight excluding hydrogens is 210 g/mol. The molecule has 0 saturated heterocycles. The van der Waals surface area contributed by atoms with Crippen LogP contribution < -0.4 is 0 Å². The summed E-state index contributed by atoms with van der Waals surface area (Å²) in [5.74, 6) is 0.130. The molecule has 0 aromatic carbocycles. The van der Waals surface area contributed by atoms with Gasteiger partial charge in [-0.25, -0.2) is 4.98 Å². The van der Waals surface area contributed by atoms with E-state index < -0.39 is 0 Å². The van der Waals surface area contributed by atoms with Gasteiger partial charge < -0.3 is 0 Å². The molecule has 2 aromatic rings. The van der Waals surface area contributed by atoms with Crippen LogP contribution in [0.15, 0.2) is 36.4 Å². The van der Waals surface area contributed by atoms with Crippen molar-refractivity contribution in [3.8, 4) is 0 Å². The van der Waals surface area contributed by atoms with E-state index in [2.05, 4.69) is 15.0 Å². The number of hydrogen-bond acceptors (Lipinski definition) is 5. The Kier molecular flexibility index (Phi) is 5.18. The average Bonchev–Trinajstić information content (AvgIpc) is 2.85. The van der Waals surface area contributed by atoms with Gasteiger partial charge in [0.1, 0.15) is 0 Å². The van der Waals surface area contributed by atoms with E-state index in [0.717, 1.165) is 0 Å². The summed E-state index contributed by atoms with van der Waals surface area (Å²) in [5, 5.41) is 2.43. The van der Waals surface area contributed by atoms with Gasteiger partial charge >= 0.3 is 0 Å². The molecule has 15 heavy (non-hydrogen) atoms. The van der Waals surface area contributed by atoms with Gasteiger partial charge in [-0.3, -0.25) is 14.8 Å². The van der Waals surface area contributed by atoms with Crippen LogP contribution in [0.5, 0.6) is 0 Å². The third kappa shape index (κ3) is 4.42. The third-order valence-corrected chi connectivity index (χ3v) is 2.28. The molecule has 0 aliphatic rings.